The van der Waals surface area contributed by atoms with E-state index < -0.39 is 5.97 Å². The number of aromatic amines is 1. The van der Waals surface area contributed by atoms with Crippen molar-refractivity contribution in [1.29, 1.82) is 0 Å². The minimum atomic E-state index is -0.768. The maximum absolute atomic E-state index is 11.9. The fourth-order valence-corrected chi connectivity index (χ4v) is 2.86. The minimum absolute atomic E-state index is 0.0188. The highest BCUT2D eigenvalue weighted by Crippen LogP contribution is 2.27. The highest BCUT2D eigenvalue weighted by molar-refractivity contribution is 5.77. The van der Waals surface area contributed by atoms with Crippen LogP contribution in [0.5, 0.6) is 0 Å². The van der Waals surface area contributed by atoms with Gasteiger partial charge in [0, 0.05) is 23.9 Å². The number of H-pyrrole nitrogens is 1. The molecular weight excluding hydrogens is 292 g/mol. The zero-order valence-electron chi connectivity index (χ0n) is 12.8. The Morgan fingerprint density at radius 1 is 1.13 bits per heavy atom. The van der Waals surface area contributed by atoms with Gasteiger partial charge in [0.05, 0.1) is 5.92 Å². The van der Waals surface area contributed by atoms with E-state index in [1.54, 1.807) is 0 Å². The molecule has 1 aliphatic rings. The van der Waals surface area contributed by atoms with E-state index in [-0.39, 0.29) is 17.9 Å². The molecule has 0 aliphatic heterocycles. The first-order valence-corrected chi connectivity index (χ1v) is 7.87. The highest BCUT2D eigenvalue weighted by Gasteiger charge is 2.35. The lowest BCUT2D eigenvalue weighted by Crippen LogP contribution is -2.46. The Hall–Kier alpha value is -2.56. The number of rotatable bonds is 6. The van der Waals surface area contributed by atoms with Crippen molar-refractivity contribution in [3.63, 3.8) is 0 Å². The molecule has 120 valence electrons. The third-order valence-corrected chi connectivity index (χ3v) is 4.31. The molecule has 1 saturated carbocycles. The van der Waals surface area contributed by atoms with Gasteiger partial charge in [0.1, 0.15) is 0 Å². The van der Waals surface area contributed by atoms with Crippen LogP contribution in [-0.4, -0.2) is 28.0 Å². The van der Waals surface area contributed by atoms with Crippen LogP contribution in [-0.2, 0) is 16.0 Å². The Balaban J connectivity index is 1.45. The molecule has 23 heavy (non-hydrogen) atoms. The Bertz CT molecular complexity index is 687. The summed E-state index contributed by atoms with van der Waals surface area (Å²) in [6.07, 6.45) is 2.14. The number of hydrogen-bond acceptors (Lipinski definition) is 2. The summed E-state index contributed by atoms with van der Waals surface area (Å²) in [5, 5.41) is 11.7. The van der Waals surface area contributed by atoms with Crippen LogP contribution in [0.15, 0.2) is 42.5 Å². The number of aliphatic carboxylic acids is 1. The largest absolute Gasteiger partial charge is 0.481 e. The number of carbonyl (C=O) groups excluding carboxylic acids is 1. The summed E-state index contributed by atoms with van der Waals surface area (Å²) in [6, 6.07) is 14.1. The highest BCUT2D eigenvalue weighted by atomic mass is 16.4. The van der Waals surface area contributed by atoms with Gasteiger partial charge in [-0.15, -0.1) is 0 Å². The van der Waals surface area contributed by atoms with Gasteiger partial charge in [-0.25, -0.2) is 0 Å². The maximum atomic E-state index is 11.9. The predicted molar refractivity (Wildman–Crippen MR) is 86.8 cm³/mol. The Morgan fingerprint density at radius 2 is 1.87 bits per heavy atom. The zero-order valence-corrected chi connectivity index (χ0v) is 12.8. The maximum Gasteiger partial charge on any atom is 0.306 e. The summed E-state index contributed by atoms with van der Waals surface area (Å²) >= 11 is 0. The molecule has 1 fully saturated rings. The van der Waals surface area contributed by atoms with E-state index in [9.17, 15) is 9.59 Å². The average molecular weight is 312 g/mol. The summed E-state index contributed by atoms with van der Waals surface area (Å²) < 4.78 is 0. The van der Waals surface area contributed by atoms with Gasteiger partial charge in [0.25, 0.3) is 0 Å². The van der Waals surface area contributed by atoms with Crippen LogP contribution in [0.3, 0.4) is 0 Å². The fourth-order valence-electron chi connectivity index (χ4n) is 2.86. The second-order valence-electron chi connectivity index (χ2n) is 6.03. The molecule has 3 rings (SSSR count). The average Bonchev–Trinajstić information content (AvgIpc) is 2.98. The van der Waals surface area contributed by atoms with E-state index in [0.717, 1.165) is 17.0 Å². The molecule has 5 nitrogen and oxygen atoms in total. The van der Waals surface area contributed by atoms with Crippen molar-refractivity contribution in [3.05, 3.63) is 48.2 Å². The molecule has 0 bridgehead atoms. The molecule has 0 spiro atoms. The zero-order chi connectivity index (χ0) is 16.2. The predicted octanol–water partition coefficient (Wildman–Crippen LogP) is 2.59. The number of carboxylic acids is 1. The monoisotopic (exact) mass is 312 g/mol. The molecule has 0 saturated heterocycles. The van der Waals surface area contributed by atoms with E-state index in [4.69, 9.17) is 5.11 Å². The first kappa shape index (κ1) is 15.3. The number of aromatic nitrogens is 1. The van der Waals surface area contributed by atoms with E-state index in [1.165, 1.54) is 0 Å². The number of amides is 1. The lowest BCUT2D eigenvalue weighted by molar-refractivity contribution is -0.146. The van der Waals surface area contributed by atoms with Crippen LogP contribution in [0.25, 0.3) is 11.3 Å². The lowest BCUT2D eigenvalue weighted by Gasteiger charge is -2.32. The molecule has 1 amide bonds. The van der Waals surface area contributed by atoms with E-state index in [2.05, 4.69) is 10.3 Å². The number of carboxylic acid groups (broad SMARTS) is 1. The van der Waals surface area contributed by atoms with E-state index >= 15 is 0 Å². The van der Waals surface area contributed by atoms with Gasteiger partial charge in [0.15, 0.2) is 0 Å². The van der Waals surface area contributed by atoms with Gasteiger partial charge in [0.2, 0.25) is 5.91 Å². The third kappa shape index (κ3) is 3.80. The topological polar surface area (TPSA) is 82.2 Å². The normalized spacial score (nSPS) is 19.8. The molecule has 3 N–H and O–H groups in total. The summed E-state index contributed by atoms with van der Waals surface area (Å²) in [5.74, 6) is -1.08. The van der Waals surface area contributed by atoms with Crippen LogP contribution in [0, 0.1) is 5.92 Å². The van der Waals surface area contributed by atoms with Crippen molar-refractivity contribution in [2.24, 2.45) is 5.92 Å². The van der Waals surface area contributed by atoms with Crippen LogP contribution >= 0.6 is 0 Å². The molecule has 5 heteroatoms. The first-order chi connectivity index (χ1) is 11.1. The van der Waals surface area contributed by atoms with Gasteiger partial charge >= 0.3 is 5.97 Å². The lowest BCUT2D eigenvalue weighted by atomic mass is 9.80. The van der Waals surface area contributed by atoms with Crippen molar-refractivity contribution in [2.45, 2.75) is 31.7 Å². The van der Waals surface area contributed by atoms with Gasteiger partial charge in [-0.05, 0) is 37.0 Å². The van der Waals surface area contributed by atoms with E-state index in [0.29, 0.717) is 25.7 Å². The number of hydrogen-bond donors (Lipinski definition) is 3. The van der Waals surface area contributed by atoms with Crippen LogP contribution in [0.4, 0.5) is 0 Å². The Morgan fingerprint density at radius 3 is 2.57 bits per heavy atom. The Kier molecular flexibility index (Phi) is 4.46. The third-order valence-electron chi connectivity index (χ3n) is 4.31. The van der Waals surface area contributed by atoms with E-state index in [1.807, 2.05) is 42.5 Å². The van der Waals surface area contributed by atoms with Crippen molar-refractivity contribution >= 4 is 11.9 Å². The van der Waals surface area contributed by atoms with Gasteiger partial charge in [-0.1, -0.05) is 30.3 Å². The van der Waals surface area contributed by atoms with Gasteiger partial charge in [-0.2, -0.15) is 0 Å². The molecule has 1 heterocycles. The van der Waals surface area contributed by atoms with Crippen molar-refractivity contribution in [1.82, 2.24) is 10.3 Å². The second-order valence-corrected chi connectivity index (χ2v) is 6.03. The van der Waals surface area contributed by atoms with Crippen molar-refractivity contribution in [2.75, 3.05) is 0 Å². The van der Waals surface area contributed by atoms with Gasteiger partial charge in [-0.3, -0.25) is 9.59 Å². The number of carbonyl (C=O) groups is 2. The summed E-state index contributed by atoms with van der Waals surface area (Å²) in [4.78, 5) is 26.0. The number of benzene rings is 1. The van der Waals surface area contributed by atoms with Crippen molar-refractivity contribution < 1.29 is 14.7 Å². The first-order valence-electron chi connectivity index (χ1n) is 7.87. The molecule has 1 aromatic heterocycles. The van der Waals surface area contributed by atoms with Crippen LogP contribution in [0.2, 0.25) is 0 Å². The second kappa shape index (κ2) is 6.69. The van der Waals surface area contributed by atoms with Crippen LogP contribution in [0.1, 0.15) is 25.0 Å². The molecule has 1 aromatic carbocycles. The molecular formula is C18H20N2O3. The van der Waals surface area contributed by atoms with Crippen molar-refractivity contribution in [3.8, 4) is 11.3 Å². The number of nitrogens with one attached hydrogen (secondary N) is 2. The smallest absolute Gasteiger partial charge is 0.306 e. The molecule has 0 unspecified atom stereocenters. The number of aryl methyl sites for hydroxylation is 1. The molecule has 0 radical (unpaired) electrons. The summed E-state index contributed by atoms with van der Waals surface area (Å²) in [7, 11) is 0. The SMILES string of the molecule is O=C(CCc1ccc(-c2ccccc2)[nH]1)NC1CC(C(=O)O)C1. The Labute approximate surface area is 134 Å². The van der Waals surface area contributed by atoms with Crippen LogP contribution < -0.4 is 5.32 Å². The van der Waals surface area contributed by atoms with Gasteiger partial charge < -0.3 is 15.4 Å². The molecule has 1 aliphatic carbocycles. The molecule has 2 aromatic rings. The summed E-state index contributed by atoms with van der Waals surface area (Å²) in [5.41, 5.74) is 3.19. The molecule has 0 atom stereocenters. The fraction of sp³-hybridized carbons (Fsp3) is 0.333. The standard InChI is InChI=1S/C18H20N2O3/c21-17(20-15-10-13(11-15)18(22)23)9-7-14-6-8-16(19-14)12-4-2-1-3-5-12/h1-6,8,13,15,19H,7,9-11H2,(H,20,21)(H,22,23). The minimum Gasteiger partial charge on any atom is -0.481 e. The quantitative estimate of drug-likeness (QED) is 0.767. The summed E-state index contributed by atoms with van der Waals surface area (Å²) in [6.45, 7) is 0.